The molecule has 7 heteroatoms. The zero-order valence-corrected chi connectivity index (χ0v) is 9.96. The standard InChI is InChI=1S/C11H18N2O5/c12-7(4-5-9(14)15)10(16)13-8-3-1-2-6(8)11(17)18/h6-8H,1-5,12H2,(H,13,16)(H,14,15)(H,17,18)/t6?,7-,8?/m0/s1. The zero-order valence-electron chi connectivity index (χ0n) is 9.96. The second-order valence-corrected chi connectivity index (χ2v) is 4.53. The predicted molar refractivity (Wildman–Crippen MR) is 61.8 cm³/mol. The first-order valence-electron chi connectivity index (χ1n) is 5.92. The van der Waals surface area contributed by atoms with E-state index in [-0.39, 0.29) is 12.8 Å². The number of carbonyl (C=O) groups is 3. The van der Waals surface area contributed by atoms with Crippen LogP contribution < -0.4 is 11.1 Å². The molecule has 1 aliphatic rings. The van der Waals surface area contributed by atoms with Gasteiger partial charge in [-0.25, -0.2) is 0 Å². The summed E-state index contributed by atoms with van der Waals surface area (Å²) in [6.45, 7) is 0. The Bertz CT molecular complexity index is 344. The summed E-state index contributed by atoms with van der Waals surface area (Å²) >= 11 is 0. The highest BCUT2D eigenvalue weighted by Crippen LogP contribution is 2.25. The number of carboxylic acids is 2. The number of aliphatic carboxylic acids is 2. The van der Waals surface area contributed by atoms with Gasteiger partial charge >= 0.3 is 11.9 Å². The van der Waals surface area contributed by atoms with Crippen molar-refractivity contribution in [3.05, 3.63) is 0 Å². The molecule has 0 radical (unpaired) electrons. The summed E-state index contributed by atoms with van der Waals surface area (Å²) in [4.78, 5) is 32.9. The van der Waals surface area contributed by atoms with Crippen LogP contribution in [0.2, 0.25) is 0 Å². The van der Waals surface area contributed by atoms with Crippen molar-refractivity contribution in [2.75, 3.05) is 0 Å². The van der Waals surface area contributed by atoms with Gasteiger partial charge < -0.3 is 21.3 Å². The van der Waals surface area contributed by atoms with Crippen molar-refractivity contribution in [1.82, 2.24) is 5.32 Å². The van der Waals surface area contributed by atoms with E-state index in [1.54, 1.807) is 0 Å². The third-order valence-electron chi connectivity index (χ3n) is 3.17. The average molecular weight is 258 g/mol. The Labute approximate surface area is 104 Å². The Morgan fingerprint density at radius 2 is 1.94 bits per heavy atom. The average Bonchev–Trinajstić information content (AvgIpc) is 2.73. The summed E-state index contributed by atoms with van der Waals surface area (Å²) in [5, 5.41) is 20.0. The predicted octanol–water partition coefficient (Wildman–Crippen LogP) is -0.452. The fraction of sp³-hybridized carbons (Fsp3) is 0.727. The molecule has 1 amide bonds. The van der Waals surface area contributed by atoms with Crippen LogP contribution in [0.15, 0.2) is 0 Å². The van der Waals surface area contributed by atoms with E-state index in [4.69, 9.17) is 15.9 Å². The van der Waals surface area contributed by atoms with E-state index in [0.717, 1.165) is 6.42 Å². The molecule has 0 aromatic carbocycles. The minimum absolute atomic E-state index is 0.0472. The third-order valence-corrected chi connectivity index (χ3v) is 3.17. The van der Waals surface area contributed by atoms with Gasteiger partial charge in [-0.05, 0) is 19.3 Å². The van der Waals surface area contributed by atoms with E-state index >= 15 is 0 Å². The van der Waals surface area contributed by atoms with Crippen LogP contribution in [0.4, 0.5) is 0 Å². The number of amides is 1. The van der Waals surface area contributed by atoms with E-state index in [0.29, 0.717) is 12.8 Å². The molecule has 1 aliphatic carbocycles. The molecule has 1 saturated carbocycles. The summed E-state index contributed by atoms with van der Waals surface area (Å²) in [6.07, 6.45) is 1.79. The van der Waals surface area contributed by atoms with Gasteiger partial charge in [0, 0.05) is 12.5 Å². The van der Waals surface area contributed by atoms with Crippen LogP contribution in [-0.2, 0) is 14.4 Å². The van der Waals surface area contributed by atoms with Crippen LogP contribution in [-0.4, -0.2) is 40.1 Å². The molecule has 0 heterocycles. The zero-order chi connectivity index (χ0) is 13.7. The van der Waals surface area contributed by atoms with Gasteiger partial charge in [-0.2, -0.15) is 0 Å². The molecule has 18 heavy (non-hydrogen) atoms. The minimum Gasteiger partial charge on any atom is -0.481 e. The molecule has 102 valence electrons. The van der Waals surface area contributed by atoms with E-state index in [1.807, 2.05) is 0 Å². The first-order chi connectivity index (χ1) is 8.41. The Morgan fingerprint density at radius 1 is 1.28 bits per heavy atom. The van der Waals surface area contributed by atoms with Gasteiger partial charge in [-0.3, -0.25) is 14.4 Å². The summed E-state index contributed by atoms with van der Waals surface area (Å²) in [6, 6.07) is -1.30. The SMILES string of the molecule is N[C@@H](CCC(=O)O)C(=O)NC1CCCC1C(=O)O. The molecular weight excluding hydrogens is 240 g/mol. The van der Waals surface area contributed by atoms with Gasteiger partial charge in [0.1, 0.15) is 0 Å². The first-order valence-corrected chi connectivity index (χ1v) is 5.92. The Balaban J connectivity index is 2.43. The molecule has 1 rings (SSSR count). The van der Waals surface area contributed by atoms with Crippen LogP contribution >= 0.6 is 0 Å². The second-order valence-electron chi connectivity index (χ2n) is 4.53. The Kier molecular flexibility index (Phi) is 5.08. The fourth-order valence-electron chi connectivity index (χ4n) is 2.13. The lowest BCUT2D eigenvalue weighted by atomic mass is 10.0. The maximum atomic E-state index is 11.7. The molecule has 0 aliphatic heterocycles. The molecule has 1 fully saturated rings. The Hall–Kier alpha value is -1.63. The molecule has 3 atom stereocenters. The highest BCUT2D eigenvalue weighted by atomic mass is 16.4. The maximum absolute atomic E-state index is 11.7. The number of rotatable bonds is 6. The van der Waals surface area contributed by atoms with Gasteiger partial charge in [-0.15, -0.1) is 0 Å². The largest absolute Gasteiger partial charge is 0.481 e. The number of nitrogens with two attached hydrogens (primary N) is 1. The van der Waals surface area contributed by atoms with Gasteiger partial charge in [0.15, 0.2) is 0 Å². The molecule has 5 N–H and O–H groups in total. The molecule has 0 aromatic heterocycles. The van der Waals surface area contributed by atoms with Crippen molar-refractivity contribution in [1.29, 1.82) is 0 Å². The first kappa shape index (κ1) is 14.4. The number of hydrogen-bond donors (Lipinski definition) is 4. The lowest BCUT2D eigenvalue weighted by molar-refractivity contribution is -0.142. The van der Waals surface area contributed by atoms with Crippen molar-refractivity contribution in [3.63, 3.8) is 0 Å². The fourth-order valence-corrected chi connectivity index (χ4v) is 2.13. The van der Waals surface area contributed by atoms with Crippen molar-refractivity contribution >= 4 is 17.8 Å². The Morgan fingerprint density at radius 3 is 2.50 bits per heavy atom. The van der Waals surface area contributed by atoms with Crippen molar-refractivity contribution < 1.29 is 24.6 Å². The monoisotopic (exact) mass is 258 g/mol. The number of carboxylic acid groups (broad SMARTS) is 2. The van der Waals surface area contributed by atoms with E-state index in [1.165, 1.54) is 0 Å². The number of nitrogens with one attached hydrogen (secondary N) is 1. The summed E-state index contributed by atoms with van der Waals surface area (Å²) in [7, 11) is 0. The van der Waals surface area contributed by atoms with Crippen molar-refractivity contribution in [3.8, 4) is 0 Å². The summed E-state index contributed by atoms with van der Waals surface area (Å²) < 4.78 is 0. The van der Waals surface area contributed by atoms with Gasteiger partial charge in [0.2, 0.25) is 5.91 Å². The van der Waals surface area contributed by atoms with Gasteiger partial charge in [0.25, 0.3) is 0 Å². The van der Waals surface area contributed by atoms with E-state index in [9.17, 15) is 14.4 Å². The van der Waals surface area contributed by atoms with Crippen LogP contribution in [0.25, 0.3) is 0 Å². The topological polar surface area (TPSA) is 130 Å². The minimum atomic E-state index is -1.01. The van der Waals surface area contributed by atoms with Crippen LogP contribution in [0, 0.1) is 5.92 Å². The van der Waals surface area contributed by atoms with Gasteiger partial charge in [-0.1, -0.05) is 6.42 Å². The van der Waals surface area contributed by atoms with Crippen LogP contribution in [0.5, 0.6) is 0 Å². The lowest BCUT2D eigenvalue weighted by Gasteiger charge is -2.20. The molecule has 7 nitrogen and oxygen atoms in total. The normalized spacial score (nSPS) is 24.5. The second kappa shape index (κ2) is 6.34. The quantitative estimate of drug-likeness (QED) is 0.510. The summed E-state index contributed by atoms with van der Waals surface area (Å²) in [5.41, 5.74) is 5.54. The molecule has 0 saturated heterocycles. The lowest BCUT2D eigenvalue weighted by Crippen LogP contribution is -2.47. The van der Waals surface area contributed by atoms with Crippen molar-refractivity contribution in [2.45, 2.75) is 44.2 Å². The van der Waals surface area contributed by atoms with E-state index in [2.05, 4.69) is 5.32 Å². The van der Waals surface area contributed by atoms with E-state index < -0.39 is 35.8 Å². The van der Waals surface area contributed by atoms with Crippen molar-refractivity contribution in [2.24, 2.45) is 11.7 Å². The molecule has 0 bridgehead atoms. The molecule has 2 unspecified atom stereocenters. The highest BCUT2D eigenvalue weighted by molar-refractivity contribution is 5.83. The maximum Gasteiger partial charge on any atom is 0.308 e. The highest BCUT2D eigenvalue weighted by Gasteiger charge is 2.34. The van der Waals surface area contributed by atoms with Crippen LogP contribution in [0.3, 0.4) is 0 Å². The molecular formula is C11H18N2O5. The molecule has 0 aromatic rings. The number of carbonyl (C=O) groups excluding carboxylic acids is 1. The van der Waals surface area contributed by atoms with Gasteiger partial charge in [0.05, 0.1) is 12.0 Å². The number of hydrogen-bond acceptors (Lipinski definition) is 4. The smallest absolute Gasteiger partial charge is 0.308 e. The molecule has 0 spiro atoms. The van der Waals surface area contributed by atoms with Crippen LogP contribution in [0.1, 0.15) is 32.1 Å². The third kappa shape index (κ3) is 3.99. The summed E-state index contributed by atoms with van der Waals surface area (Å²) in [5.74, 6) is -2.98.